The highest BCUT2D eigenvalue weighted by Gasteiger charge is 2.46. The van der Waals surface area contributed by atoms with Gasteiger partial charge in [-0.3, -0.25) is 9.59 Å². The van der Waals surface area contributed by atoms with Gasteiger partial charge in [-0.15, -0.1) is 0 Å². The van der Waals surface area contributed by atoms with Crippen molar-refractivity contribution >= 4 is 17.4 Å². The van der Waals surface area contributed by atoms with Crippen LogP contribution < -0.4 is 9.47 Å². The second-order valence-corrected chi connectivity index (χ2v) is 7.72. The molecule has 0 aliphatic carbocycles. The Hall–Kier alpha value is -3.32. The summed E-state index contributed by atoms with van der Waals surface area (Å²) < 4.78 is 10.7. The molecule has 31 heavy (non-hydrogen) atoms. The molecule has 1 atom stereocenters. The highest BCUT2D eigenvalue weighted by Crippen LogP contribution is 2.42. The number of likely N-dealkylation sites (tertiary alicyclic amines) is 1. The number of benzene rings is 2. The standard InChI is InChI=1S/C24H28N2O5/c1-15-8-6-7-9-17(15)21-20(23(28)24(29)26(21)13-12-25(2)3)22(27)18-14-16(30-4)10-11-19(18)31-5/h6-11,14,21,27H,12-13H2,1-5H3/b22-20+. The first kappa shape index (κ1) is 22.4. The van der Waals surface area contributed by atoms with E-state index in [0.717, 1.165) is 11.1 Å². The first-order chi connectivity index (χ1) is 14.8. The molecule has 1 fully saturated rings. The molecule has 2 aromatic rings. The van der Waals surface area contributed by atoms with E-state index in [-0.39, 0.29) is 11.3 Å². The SMILES string of the molecule is COc1ccc(OC)c(/C(O)=C2\C(=O)C(=O)N(CCN(C)C)C2c2ccccc2C)c1. The summed E-state index contributed by atoms with van der Waals surface area (Å²) >= 11 is 0. The minimum atomic E-state index is -0.714. The third kappa shape index (κ3) is 4.27. The Bertz CT molecular complexity index is 1030. The molecule has 1 unspecified atom stereocenters. The van der Waals surface area contributed by atoms with Gasteiger partial charge in [-0.25, -0.2) is 0 Å². The van der Waals surface area contributed by atoms with Gasteiger partial charge in [0.1, 0.15) is 17.3 Å². The number of rotatable bonds is 7. The van der Waals surface area contributed by atoms with Gasteiger partial charge in [-0.2, -0.15) is 0 Å². The third-order valence-electron chi connectivity index (χ3n) is 5.47. The summed E-state index contributed by atoms with van der Waals surface area (Å²) in [6, 6.07) is 11.8. The van der Waals surface area contributed by atoms with Crippen LogP contribution in [0.5, 0.6) is 11.5 Å². The minimum Gasteiger partial charge on any atom is -0.507 e. The van der Waals surface area contributed by atoms with Crippen LogP contribution in [0.25, 0.3) is 5.76 Å². The number of carbonyl (C=O) groups excluding carboxylic acids is 2. The van der Waals surface area contributed by atoms with Gasteiger partial charge >= 0.3 is 0 Å². The predicted octanol–water partition coefficient (Wildman–Crippen LogP) is 3.00. The van der Waals surface area contributed by atoms with E-state index >= 15 is 0 Å². The number of hydrogen-bond acceptors (Lipinski definition) is 6. The van der Waals surface area contributed by atoms with Gasteiger partial charge < -0.3 is 24.4 Å². The number of ketones is 1. The highest BCUT2D eigenvalue weighted by molar-refractivity contribution is 6.46. The van der Waals surface area contributed by atoms with Crippen molar-refractivity contribution in [1.82, 2.24) is 9.80 Å². The molecule has 0 aromatic heterocycles. The van der Waals surface area contributed by atoms with E-state index in [2.05, 4.69) is 0 Å². The first-order valence-corrected chi connectivity index (χ1v) is 10.0. The molecule has 7 heteroatoms. The Morgan fingerprint density at radius 3 is 2.42 bits per heavy atom. The molecular formula is C24H28N2O5. The van der Waals surface area contributed by atoms with Gasteiger partial charge in [-0.05, 0) is 50.3 Å². The molecule has 1 aliphatic rings. The monoisotopic (exact) mass is 424 g/mol. The summed E-state index contributed by atoms with van der Waals surface area (Å²) in [7, 11) is 6.80. The maximum atomic E-state index is 13.1. The summed E-state index contributed by atoms with van der Waals surface area (Å²) in [6.45, 7) is 2.86. The quantitative estimate of drug-likeness (QED) is 0.418. The van der Waals surface area contributed by atoms with Crippen molar-refractivity contribution in [3.05, 3.63) is 64.7 Å². The van der Waals surface area contributed by atoms with E-state index in [9.17, 15) is 14.7 Å². The Labute approximate surface area is 182 Å². The maximum Gasteiger partial charge on any atom is 0.295 e. The Balaban J connectivity index is 2.24. The summed E-state index contributed by atoms with van der Waals surface area (Å²) in [5.41, 5.74) is 2.06. The molecule has 1 N–H and O–H groups in total. The second kappa shape index (κ2) is 9.22. The summed E-state index contributed by atoms with van der Waals surface area (Å²) in [4.78, 5) is 29.6. The van der Waals surface area contributed by atoms with Gasteiger partial charge in [0.25, 0.3) is 11.7 Å². The van der Waals surface area contributed by atoms with Crippen molar-refractivity contribution in [2.75, 3.05) is 41.4 Å². The van der Waals surface area contributed by atoms with Crippen molar-refractivity contribution in [3.8, 4) is 11.5 Å². The third-order valence-corrected chi connectivity index (χ3v) is 5.47. The lowest BCUT2D eigenvalue weighted by Gasteiger charge is -2.27. The van der Waals surface area contributed by atoms with E-state index in [0.29, 0.717) is 30.2 Å². The van der Waals surface area contributed by atoms with Crippen LogP contribution in [-0.2, 0) is 9.59 Å². The topological polar surface area (TPSA) is 79.3 Å². The van der Waals surface area contributed by atoms with Crippen LogP contribution in [0.15, 0.2) is 48.0 Å². The fourth-order valence-electron chi connectivity index (χ4n) is 3.78. The van der Waals surface area contributed by atoms with Crippen molar-refractivity contribution in [2.24, 2.45) is 0 Å². The zero-order valence-corrected chi connectivity index (χ0v) is 18.5. The molecule has 7 nitrogen and oxygen atoms in total. The molecule has 0 spiro atoms. The molecule has 0 saturated carbocycles. The van der Waals surface area contributed by atoms with E-state index in [1.807, 2.05) is 50.2 Å². The number of amides is 1. The summed E-state index contributed by atoms with van der Waals surface area (Å²) in [5.74, 6) is -0.749. The van der Waals surface area contributed by atoms with E-state index in [4.69, 9.17) is 9.47 Å². The van der Waals surface area contributed by atoms with Crippen molar-refractivity contribution < 1.29 is 24.2 Å². The predicted molar refractivity (Wildman–Crippen MR) is 118 cm³/mol. The summed E-state index contributed by atoms with van der Waals surface area (Å²) in [5, 5.41) is 11.3. The van der Waals surface area contributed by atoms with Gasteiger partial charge in [0.15, 0.2) is 0 Å². The van der Waals surface area contributed by atoms with Crippen molar-refractivity contribution in [2.45, 2.75) is 13.0 Å². The Morgan fingerprint density at radius 2 is 1.81 bits per heavy atom. The second-order valence-electron chi connectivity index (χ2n) is 7.72. The number of nitrogens with zero attached hydrogens (tertiary/aromatic N) is 2. The molecule has 1 aliphatic heterocycles. The lowest BCUT2D eigenvalue weighted by molar-refractivity contribution is -0.140. The molecule has 1 amide bonds. The zero-order chi connectivity index (χ0) is 22.7. The van der Waals surface area contributed by atoms with Gasteiger partial charge in [0.2, 0.25) is 0 Å². The van der Waals surface area contributed by atoms with Crippen LogP contribution >= 0.6 is 0 Å². The average molecular weight is 424 g/mol. The molecular weight excluding hydrogens is 396 g/mol. The van der Waals surface area contributed by atoms with Crippen LogP contribution in [-0.4, -0.2) is 68.0 Å². The largest absolute Gasteiger partial charge is 0.507 e. The lowest BCUT2D eigenvalue weighted by Crippen LogP contribution is -2.35. The maximum absolute atomic E-state index is 13.1. The number of hydrogen-bond donors (Lipinski definition) is 1. The minimum absolute atomic E-state index is 0.0459. The highest BCUT2D eigenvalue weighted by atomic mass is 16.5. The molecule has 0 radical (unpaired) electrons. The van der Waals surface area contributed by atoms with Crippen LogP contribution in [0.1, 0.15) is 22.7 Å². The zero-order valence-electron chi connectivity index (χ0n) is 18.5. The first-order valence-electron chi connectivity index (χ1n) is 10.0. The van der Waals surface area contributed by atoms with Crippen LogP contribution in [0.2, 0.25) is 0 Å². The van der Waals surface area contributed by atoms with Gasteiger partial charge in [0.05, 0.1) is 31.4 Å². The molecule has 3 rings (SSSR count). The number of aliphatic hydroxyl groups is 1. The van der Waals surface area contributed by atoms with Gasteiger partial charge in [0, 0.05) is 13.1 Å². The fraction of sp³-hybridized carbons (Fsp3) is 0.333. The van der Waals surface area contributed by atoms with Gasteiger partial charge in [-0.1, -0.05) is 24.3 Å². The molecule has 1 heterocycles. The number of methoxy groups -OCH3 is 2. The number of aliphatic hydroxyl groups excluding tert-OH is 1. The molecule has 0 bridgehead atoms. The average Bonchev–Trinajstić information content (AvgIpc) is 3.01. The number of carbonyl (C=O) groups is 2. The Kier molecular flexibility index (Phi) is 6.65. The van der Waals surface area contributed by atoms with Crippen LogP contribution in [0, 0.1) is 6.92 Å². The smallest absolute Gasteiger partial charge is 0.295 e. The molecule has 164 valence electrons. The normalized spacial score (nSPS) is 18.0. The van der Waals surface area contributed by atoms with E-state index in [1.165, 1.54) is 19.1 Å². The van der Waals surface area contributed by atoms with Crippen molar-refractivity contribution in [3.63, 3.8) is 0 Å². The van der Waals surface area contributed by atoms with Crippen molar-refractivity contribution in [1.29, 1.82) is 0 Å². The van der Waals surface area contributed by atoms with E-state index in [1.54, 1.807) is 18.2 Å². The molecule has 1 saturated heterocycles. The fourth-order valence-corrected chi connectivity index (χ4v) is 3.78. The van der Waals surface area contributed by atoms with E-state index < -0.39 is 17.7 Å². The Morgan fingerprint density at radius 1 is 1.10 bits per heavy atom. The van der Waals surface area contributed by atoms with Crippen LogP contribution in [0.4, 0.5) is 0 Å². The molecule has 2 aromatic carbocycles. The number of Topliss-reactive ketones (excluding diaryl/α,β-unsaturated/α-hetero) is 1. The number of likely N-dealkylation sites (N-methyl/N-ethyl adjacent to an activating group) is 1. The number of aryl methyl sites for hydroxylation is 1. The van der Waals surface area contributed by atoms with Crippen LogP contribution in [0.3, 0.4) is 0 Å². The lowest BCUT2D eigenvalue weighted by atomic mass is 9.92. The summed E-state index contributed by atoms with van der Waals surface area (Å²) in [6.07, 6.45) is 0. The number of ether oxygens (including phenoxy) is 2.